The van der Waals surface area contributed by atoms with Crippen molar-refractivity contribution in [3.8, 4) is 28.4 Å². The summed E-state index contributed by atoms with van der Waals surface area (Å²) in [6.45, 7) is 1.55. The first-order valence-electron chi connectivity index (χ1n) is 10.1. The summed E-state index contributed by atoms with van der Waals surface area (Å²) in [6, 6.07) is 12.4. The van der Waals surface area contributed by atoms with E-state index in [1.165, 1.54) is 29.7 Å². The molecule has 0 spiro atoms. The molecule has 0 atom stereocenters. The first kappa shape index (κ1) is 22.2. The van der Waals surface area contributed by atoms with Crippen molar-refractivity contribution in [2.24, 2.45) is 7.05 Å². The van der Waals surface area contributed by atoms with E-state index < -0.39 is 18.7 Å². The summed E-state index contributed by atoms with van der Waals surface area (Å²) < 4.78 is 40.2. The van der Waals surface area contributed by atoms with E-state index in [1.54, 1.807) is 30.3 Å². The second-order valence-corrected chi connectivity index (χ2v) is 7.34. The molecule has 0 radical (unpaired) electrons. The molecule has 2 aromatic carbocycles. The minimum Gasteiger partial charge on any atom is -0.496 e. The Bertz CT molecular complexity index is 1330. The van der Waals surface area contributed by atoms with Crippen molar-refractivity contribution in [3.63, 3.8) is 0 Å². The Kier molecular flexibility index (Phi) is 6.20. The van der Waals surface area contributed by atoms with Gasteiger partial charge in [0.1, 0.15) is 24.7 Å². The number of tetrazole rings is 1. The number of hydrogen-bond donors (Lipinski definition) is 0. The van der Waals surface area contributed by atoms with E-state index in [2.05, 4.69) is 15.5 Å². The number of ether oxygens (including phenoxy) is 2. The van der Waals surface area contributed by atoms with Crippen LogP contribution in [0.3, 0.4) is 0 Å². The molecule has 33 heavy (non-hydrogen) atoms. The second kappa shape index (κ2) is 9.23. The van der Waals surface area contributed by atoms with Gasteiger partial charge in [0, 0.05) is 18.8 Å². The predicted octanol–water partition coefficient (Wildman–Crippen LogP) is 2.99. The zero-order valence-electron chi connectivity index (χ0n) is 18.3. The second-order valence-electron chi connectivity index (χ2n) is 7.34. The van der Waals surface area contributed by atoms with Crippen molar-refractivity contribution in [2.75, 3.05) is 7.11 Å². The molecule has 2 aromatic heterocycles. The zero-order chi connectivity index (χ0) is 23.5. The minimum absolute atomic E-state index is 0.117. The number of aryl methyl sites for hydroxylation is 2. The quantitative estimate of drug-likeness (QED) is 0.405. The number of halogens is 2. The van der Waals surface area contributed by atoms with Crippen molar-refractivity contribution in [3.05, 3.63) is 70.3 Å². The Labute approximate surface area is 187 Å². The van der Waals surface area contributed by atoms with Gasteiger partial charge >= 0.3 is 5.69 Å². The van der Waals surface area contributed by atoms with Gasteiger partial charge in [0.25, 0.3) is 6.43 Å². The van der Waals surface area contributed by atoms with Crippen LogP contribution in [-0.2, 0) is 20.2 Å². The van der Waals surface area contributed by atoms with Crippen LogP contribution in [0.15, 0.2) is 53.5 Å². The number of aromatic nitrogens is 6. The summed E-state index contributed by atoms with van der Waals surface area (Å²) in [5.74, 6) is 1.16. The lowest BCUT2D eigenvalue weighted by Gasteiger charge is -2.15. The van der Waals surface area contributed by atoms with Crippen molar-refractivity contribution in [1.29, 1.82) is 0 Å². The number of methoxy groups -OCH3 is 1. The van der Waals surface area contributed by atoms with Crippen molar-refractivity contribution >= 4 is 0 Å². The largest absolute Gasteiger partial charge is 0.496 e. The van der Waals surface area contributed by atoms with Crippen LogP contribution in [0.2, 0.25) is 0 Å². The number of benzene rings is 2. The van der Waals surface area contributed by atoms with Gasteiger partial charge in [-0.3, -0.25) is 4.68 Å². The van der Waals surface area contributed by atoms with Crippen LogP contribution in [0, 0.1) is 6.92 Å². The fraction of sp³-hybridized carbons (Fsp3) is 0.273. The number of nitrogens with zero attached hydrogens (tertiary/aromatic N) is 6. The number of alkyl halides is 2. The molecule has 0 unspecified atom stereocenters. The molecule has 0 amide bonds. The summed E-state index contributed by atoms with van der Waals surface area (Å²) in [4.78, 5) is 12.4. The van der Waals surface area contributed by atoms with Crippen LogP contribution in [0.5, 0.6) is 11.5 Å². The summed E-state index contributed by atoms with van der Waals surface area (Å²) in [5, 5.41) is 11.9. The third kappa shape index (κ3) is 4.61. The highest BCUT2D eigenvalue weighted by Crippen LogP contribution is 2.29. The van der Waals surface area contributed by atoms with E-state index in [-0.39, 0.29) is 6.61 Å². The van der Waals surface area contributed by atoms with Crippen LogP contribution in [0.25, 0.3) is 16.9 Å². The van der Waals surface area contributed by atoms with E-state index in [9.17, 15) is 13.6 Å². The summed E-state index contributed by atoms with van der Waals surface area (Å²) in [5.41, 5.74) is 2.97. The van der Waals surface area contributed by atoms with E-state index >= 15 is 0 Å². The SMILES string of the molecule is COc1cccc(-n2nnn(C)c2=O)c1COc1ccc(-c2ccn(CC(F)F)n2)cc1C. The van der Waals surface area contributed by atoms with Crippen LogP contribution in [0.1, 0.15) is 11.1 Å². The van der Waals surface area contributed by atoms with E-state index in [1.807, 2.05) is 19.1 Å². The summed E-state index contributed by atoms with van der Waals surface area (Å²) in [6.07, 6.45) is -0.938. The van der Waals surface area contributed by atoms with Crippen molar-refractivity contribution < 1.29 is 18.3 Å². The smallest absolute Gasteiger partial charge is 0.368 e. The summed E-state index contributed by atoms with van der Waals surface area (Å²) >= 11 is 0. The fourth-order valence-corrected chi connectivity index (χ4v) is 3.43. The molecule has 0 saturated carbocycles. The molecule has 0 N–H and O–H groups in total. The number of hydrogen-bond acceptors (Lipinski definition) is 6. The molecule has 4 aromatic rings. The van der Waals surface area contributed by atoms with Crippen LogP contribution in [-0.4, -0.2) is 43.1 Å². The lowest BCUT2D eigenvalue weighted by atomic mass is 10.1. The van der Waals surface area contributed by atoms with Crippen LogP contribution >= 0.6 is 0 Å². The molecule has 172 valence electrons. The van der Waals surface area contributed by atoms with Crippen LogP contribution in [0.4, 0.5) is 8.78 Å². The van der Waals surface area contributed by atoms with Crippen molar-refractivity contribution in [2.45, 2.75) is 26.5 Å². The van der Waals surface area contributed by atoms with Gasteiger partial charge in [-0.05, 0) is 59.3 Å². The Morgan fingerprint density at radius 3 is 2.58 bits per heavy atom. The monoisotopic (exact) mass is 456 g/mol. The Morgan fingerprint density at radius 1 is 1.09 bits per heavy atom. The first-order valence-corrected chi connectivity index (χ1v) is 10.1. The first-order chi connectivity index (χ1) is 15.9. The lowest BCUT2D eigenvalue weighted by molar-refractivity contribution is 0.122. The van der Waals surface area contributed by atoms with Gasteiger partial charge in [-0.25, -0.2) is 13.6 Å². The normalized spacial score (nSPS) is 11.2. The molecular weight excluding hydrogens is 434 g/mol. The third-order valence-electron chi connectivity index (χ3n) is 5.09. The summed E-state index contributed by atoms with van der Waals surface area (Å²) in [7, 11) is 3.05. The standard InChI is InChI=1S/C22H22F2N6O3/c1-14-11-15(17-9-10-29(25-17)12-21(23)24)7-8-19(14)33-13-16-18(5-4-6-20(16)32-3)30-22(31)28(2)26-27-30/h4-11,21H,12-13H2,1-3H3. The molecule has 0 fully saturated rings. The molecule has 2 heterocycles. The molecule has 0 bridgehead atoms. The number of rotatable bonds is 8. The average Bonchev–Trinajstić information content (AvgIpc) is 3.39. The van der Waals surface area contributed by atoms with Gasteiger partial charge < -0.3 is 9.47 Å². The molecule has 0 aliphatic carbocycles. The van der Waals surface area contributed by atoms with Gasteiger partial charge in [-0.2, -0.15) is 14.5 Å². The van der Waals surface area contributed by atoms with Gasteiger partial charge in [0.2, 0.25) is 0 Å². The molecule has 0 saturated heterocycles. The van der Waals surface area contributed by atoms with Gasteiger partial charge in [-0.1, -0.05) is 6.07 Å². The Morgan fingerprint density at radius 2 is 1.91 bits per heavy atom. The molecule has 4 rings (SSSR count). The zero-order valence-corrected chi connectivity index (χ0v) is 18.3. The Hall–Kier alpha value is -4.02. The van der Waals surface area contributed by atoms with Gasteiger partial charge in [0.15, 0.2) is 0 Å². The van der Waals surface area contributed by atoms with Gasteiger partial charge in [-0.15, -0.1) is 0 Å². The maximum atomic E-state index is 12.6. The maximum absolute atomic E-state index is 12.6. The lowest BCUT2D eigenvalue weighted by Crippen LogP contribution is -2.23. The highest BCUT2D eigenvalue weighted by atomic mass is 19.3. The predicted molar refractivity (Wildman–Crippen MR) is 116 cm³/mol. The van der Waals surface area contributed by atoms with Gasteiger partial charge in [0.05, 0.1) is 24.1 Å². The topological polar surface area (TPSA) is 89.0 Å². The average molecular weight is 456 g/mol. The molecular formula is C22H22F2N6O3. The molecule has 0 aliphatic heterocycles. The molecule has 9 nitrogen and oxygen atoms in total. The highest BCUT2D eigenvalue weighted by molar-refractivity contribution is 5.61. The minimum atomic E-state index is -2.46. The molecule has 11 heteroatoms. The van der Waals surface area contributed by atoms with Crippen LogP contribution < -0.4 is 15.2 Å². The Balaban J connectivity index is 1.58. The maximum Gasteiger partial charge on any atom is 0.368 e. The highest BCUT2D eigenvalue weighted by Gasteiger charge is 2.16. The molecule has 0 aliphatic rings. The van der Waals surface area contributed by atoms with E-state index in [0.717, 1.165) is 15.8 Å². The van der Waals surface area contributed by atoms with E-state index in [0.29, 0.717) is 28.4 Å². The fourth-order valence-electron chi connectivity index (χ4n) is 3.43. The third-order valence-corrected chi connectivity index (χ3v) is 5.09. The van der Waals surface area contributed by atoms with Crippen molar-refractivity contribution in [1.82, 2.24) is 29.6 Å². The van der Waals surface area contributed by atoms with E-state index in [4.69, 9.17) is 9.47 Å².